The average molecular weight is 404 g/mol. The van der Waals surface area contributed by atoms with Crippen molar-refractivity contribution in [1.82, 2.24) is 9.62 Å². The van der Waals surface area contributed by atoms with Gasteiger partial charge < -0.3 is 20.4 Å². The fourth-order valence-corrected chi connectivity index (χ4v) is 4.66. The molecule has 27 heavy (non-hydrogen) atoms. The Labute approximate surface area is 160 Å². The Morgan fingerprint density at radius 2 is 1.96 bits per heavy atom. The molecule has 1 saturated heterocycles. The van der Waals surface area contributed by atoms with E-state index in [4.69, 9.17) is 9.94 Å². The van der Waals surface area contributed by atoms with Crippen molar-refractivity contribution in [1.29, 1.82) is 0 Å². The van der Waals surface area contributed by atoms with Crippen molar-refractivity contribution in [3.8, 4) is 0 Å². The number of hydrogen-bond donors (Lipinski definition) is 4. The molecular weight excluding hydrogens is 374 g/mol. The van der Waals surface area contributed by atoms with Gasteiger partial charge in [-0.05, 0) is 12.0 Å². The predicted molar refractivity (Wildman–Crippen MR) is 100 cm³/mol. The van der Waals surface area contributed by atoms with Crippen LogP contribution in [-0.4, -0.2) is 60.1 Å². The molecule has 0 aromatic heterocycles. The minimum Gasteiger partial charge on any atom is -0.478 e. The Balaban J connectivity index is 0.00000176. The summed E-state index contributed by atoms with van der Waals surface area (Å²) >= 11 is 0. The number of carbonyl (C=O) groups is 1. The Hall–Kier alpha value is -1.56. The number of sulfonamides is 1. The number of nitrogens with zero attached hydrogens (tertiary/aromatic N) is 1. The quantitative estimate of drug-likeness (QED) is 0.349. The van der Waals surface area contributed by atoms with Gasteiger partial charge in [-0.3, -0.25) is 0 Å². The van der Waals surface area contributed by atoms with E-state index in [9.17, 15) is 18.3 Å². The molecule has 0 saturated carbocycles. The molecule has 0 spiro atoms. The molecule has 9 nitrogen and oxygen atoms in total. The van der Waals surface area contributed by atoms with E-state index in [1.807, 2.05) is 37.3 Å². The molecule has 5 N–H and O–H groups in total. The predicted octanol–water partition coefficient (Wildman–Crippen LogP) is 0.744. The first-order valence-electron chi connectivity index (χ1n) is 8.81. The summed E-state index contributed by atoms with van der Waals surface area (Å²) in [5, 5.41) is 19.3. The smallest absolute Gasteiger partial charge is 0.354 e. The fourth-order valence-electron chi connectivity index (χ4n) is 2.86. The average Bonchev–Trinajstić information content (AvgIpc) is 2.69. The number of nitrogens with one attached hydrogen (secondary N) is 1. The SMILES string of the molecule is CCCCCS(=O)(=O)N1CCNCC1(OCc1ccccc1)C(=O)O.NO. The van der Waals surface area contributed by atoms with E-state index in [1.54, 1.807) is 0 Å². The van der Waals surface area contributed by atoms with Crippen molar-refractivity contribution in [3.63, 3.8) is 0 Å². The zero-order chi connectivity index (χ0) is 20.3. The van der Waals surface area contributed by atoms with E-state index in [0.29, 0.717) is 13.0 Å². The number of aliphatic carboxylic acids is 1. The lowest BCUT2D eigenvalue weighted by molar-refractivity contribution is -0.191. The van der Waals surface area contributed by atoms with Crippen molar-refractivity contribution >= 4 is 16.0 Å². The number of piperazine rings is 1. The largest absolute Gasteiger partial charge is 0.478 e. The highest BCUT2D eigenvalue weighted by atomic mass is 32.2. The summed E-state index contributed by atoms with van der Waals surface area (Å²) in [6.07, 6.45) is 2.19. The number of nitrogens with two attached hydrogens (primary N) is 1. The molecule has 0 bridgehead atoms. The third-order valence-electron chi connectivity index (χ3n) is 4.26. The Bertz CT molecular complexity index is 671. The Kier molecular flexibility index (Phi) is 9.84. The molecule has 10 heteroatoms. The highest BCUT2D eigenvalue weighted by molar-refractivity contribution is 7.89. The molecule has 0 radical (unpaired) electrons. The molecule has 1 aromatic carbocycles. The number of benzene rings is 1. The van der Waals surface area contributed by atoms with Gasteiger partial charge in [-0.15, -0.1) is 0 Å². The van der Waals surface area contributed by atoms with E-state index in [1.165, 1.54) is 0 Å². The van der Waals surface area contributed by atoms with Crippen LogP contribution in [0.25, 0.3) is 0 Å². The molecule has 1 unspecified atom stereocenters. The second kappa shape index (κ2) is 11.3. The monoisotopic (exact) mass is 403 g/mol. The van der Waals surface area contributed by atoms with Crippen LogP contribution in [-0.2, 0) is 26.2 Å². The van der Waals surface area contributed by atoms with Crippen LogP contribution in [0, 0.1) is 0 Å². The van der Waals surface area contributed by atoms with Crippen molar-refractivity contribution < 1.29 is 28.3 Å². The van der Waals surface area contributed by atoms with Gasteiger partial charge in [0.2, 0.25) is 15.7 Å². The normalized spacial score (nSPS) is 20.6. The van der Waals surface area contributed by atoms with Gasteiger partial charge in [0.05, 0.1) is 18.9 Å². The Morgan fingerprint density at radius 3 is 2.56 bits per heavy atom. The van der Waals surface area contributed by atoms with Gasteiger partial charge >= 0.3 is 5.97 Å². The molecule has 1 fully saturated rings. The van der Waals surface area contributed by atoms with Crippen molar-refractivity contribution in [2.75, 3.05) is 25.4 Å². The molecule has 0 amide bonds. The van der Waals surface area contributed by atoms with Gasteiger partial charge in [-0.2, -0.15) is 4.31 Å². The van der Waals surface area contributed by atoms with Crippen molar-refractivity contribution in [2.45, 2.75) is 38.5 Å². The van der Waals surface area contributed by atoms with Crippen molar-refractivity contribution in [2.24, 2.45) is 5.90 Å². The first-order valence-corrected chi connectivity index (χ1v) is 10.4. The zero-order valence-electron chi connectivity index (χ0n) is 15.5. The lowest BCUT2D eigenvalue weighted by atomic mass is 10.1. The van der Waals surface area contributed by atoms with Gasteiger partial charge in [-0.1, -0.05) is 50.1 Å². The summed E-state index contributed by atoms with van der Waals surface area (Å²) < 4.78 is 32.2. The fraction of sp³-hybridized carbons (Fsp3) is 0.588. The van der Waals surface area contributed by atoms with Crippen LogP contribution in [0.3, 0.4) is 0 Å². The molecule has 0 aliphatic carbocycles. The number of ether oxygens (including phenoxy) is 1. The van der Waals surface area contributed by atoms with Gasteiger partial charge in [0.1, 0.15) is 0 Å². The topological polar surface area (TPSA) is 142 Å². The van der Waals surface area contributed by atoms with E-state index >= 15 is 0 Å². The maximum Gasteiger partial charge on any atom is 0.354 e. The van der Waals surface area contributed by atoms with Crippen LogP contribution in [0.5, 0.6) is 0 Å². The highest BCUT2D eigenvalue weighted by Gasteiger charge is 2.52. The highest BCUT2D eigenvalue weighted by Crippen LogP contribution is 2.26. The lowest BCUT2D eigenvalue weighted by Gasteiger charge is -2.42. The number of carboxylic acids is 1. The van der Waals surface area contributed by atoms with E-state index in [-0.39, 0.29) is 25.4 Å². The number of hydrogen-bond acceptors (Lipinski definition) is 7. The van der Waals surface area contributed by atoms with Crippen LogP contribution < -0.4 is 11.2 Å². The second-order valence-electron chi connectivity index (χ2n) is 6.14. The summed E-state index contributed by atoms with van der Waals surface area (Å²) in [6, 6.07) is 9.12. The summed E-state index contributed by atoms with van der Waals surface area (Å²) in [7, 11) is -3.73. The maximum absolute atomic E-state index is 12.7. The zero-order valence-corrected chi connectivity index (χ0v) is 16.3. The molecule has 154 valence electrons. The van der Waals surface area contributed by atoms with Crippen LogP contribution in [0.15, 0.2) is 30.3 Å². The minimum absolute atomic E-state index is 0.0236. The van der Waals surface area contributed by atoms with E-state index in [2.05, 4.69) is 11.2 Å². The molecule has 1 heterocycles. The number of unbranched alkanes of at least 4 members (excludes halogenated alkanes) is 2. The molecule has 1 aliphatic rings. The van der Waals surface area contributed by atoms with Crippen molar-refractivity contribution in [3.05, 3.63) is 35.9 Å². The van der Waals surface area contributed by atoms with Gasteiger partial charge in [0.25, 0.3) is 0 Å². The standard InChI is InChI=1S/C17H26N2O5S.H3NO/c1-2-3-7-12-25(22,23)19-11-10-18-14-17(19,16(20)21)24-13-15-8-5-4-6-9-15;1-2/h4-6,8-9,18H,2-3,7,10-14H2,1H3,(H,20,21);2H,1H2. The lowest BCUT2D eigenvalue weighted by Crippen LogP contribution is -2.68. The first-order chi connectivity index (χ1) is 12.9. The van der Waals surface area contributed by atoms with Gasteiger partial charge in [0.15, 0.2) is 0 Å². The van der Waals surface area contributed by atoms with Gasteiger partial charge in [0, 0.05) is 13.1 Å². The van der Waals surface area contributed by atoms with Crippen LogP contribution in [0.2, 0.25) is 0 Å². The van der Waals surface area contributed by atoms with Crippen LogP contribution in [0.1, 0.15) is 31.7 Å². The molecule has 2 rings (SSSR count). The minimum atomic E-state index is -3.73. The maximum atomic E-state index is 12.7. The summed E-state index contributed by atoms with van der Waals surface area (Å²) in [5.74, 6) is 2.14. The first kappa shape index (κ1) is 23.5. The van der Waals surface area contributed by atoms with Crippen LogP contribution in [0.4, 0.5) is 0 Å². The van der Waals surface area contributed by atoms with E-state index in [0.717, 1.165) is 22.7 Å². The van der Waals surface area contributed by atoms with E-state index < -0.39 is 21.7 Å². The third-order valence-corrected chi connectivity index (χ3v) is 6.21. The number of rotatable bonds is 9. The Morgan fingerprint density at radius 1 is 1.30 bits per heavy atom. The van der Waals surface area contributed by atoms with Gasteiger partial charge in [-0.25, -0.2) is 19.1 Å². The third kappa shape index (κ3) is 6.23. The summed E-state index contributed by atoms with van der Waals surface area (Å²) in [5.41, 5.74) is -1.13. The summed E-state index contributed by atoms with van der Waals surface area (Å²) in [4.78, 5) is 12.0. The molecule has 1 aromatic rings. The number of carboxylic acid groups (broad SMARTS) is 1. The molecule has 1 atom stereocenters. The second-order valence-corrected chi connectivity index (χ2v) is 8.15. The summed E-state index contributed by atoms with van der Waals surface area (Å²) in [6.45, 7) is 2.41. The molecule has 1 aliphatic heterocycles. The molecular formula is C17H29N3O6S. The van der Waals surface area contributed by atoms with Crippen LogP contribution >= 0.6 is 0 Å².